The molecule has 0 aliphatic carbocycles. The summed E-state index contributed by atoms with van der Waals surface area (Å²) in [6.45, 7) is 11.9. The average molecular weight is 509 g/mol. The molecule has 190 valence electrons. The molecule has 2 amide bonds. The van der Waals surface area contributed by atoms with Crippen LogP contribution in [0.15, 0.2) is 48.5 Å². The second-order valence-electron chi connectivity index (χ2n) is 10.5. The number of amides is 2. The lowest BCUT2D eigenvalue weighted by molar-refractivity contribution is -0.123. The smallest absolute Gasteiger partial charge is 0.240 e. The number of carbonyl (C=O) groups excluding carboxylic acids is 2. The number of hydrogen-bond acceptors (Lipinski definition) is 4. The number of rotatable bonds is 5. The van der Waals surface area contributed by atoms with Gasteiger partial charge in [0, 0.05) is 17.0 Å². The van der Waals surface area contributed by atoms with Crippen molar-refractivity contribution in [2.45, 2.75) is 58.2 Å². The number of aryl methyl sites for hydroxylation is 1. The van der Waals surface area contributed by atoms with Gasteiger partial charge in [-0.2, -0.15) is 5.10 Å². The van der Waals surface area contributed by atoms with Crippen molar-refractivity contribution in [3.63, 3.8) is 0 Å². The summed E-state index contributed by atoms with van der Waals surface area (Å²) in [6, 6.07) is 14.2. The molecule has 0 unspecified atom stereocenters. The summed E-state index contributed by atoms with van der Waals surface area (Å²) < 4.78 is 15.6. The number of thioether (sulfide) groups is 1. The van der Waals surface area contributed by atoms with Crippen LogP contribution in [0.2, 0.25) is 0 Å². The summed E-state index contributed by atoms with van der Waals surface area (Å²) in [7, 11) is 0. The molecule has 0 bridgehead atoms. The molecular formula is C28H33FN4O2S. The molecule has 4 rings (SSSR count). The van der Waals surface area contributed by atoms with Crippen molar-refractivity contribution in [3.05, 3.63) is 76.7 Å². The molecule has 1 aromatic heterocycles. The van der Waals surface area contributed by atoms with E-state index in [4.69, 9.17) is 5.10 Å². The van der Waals surface area contributed by atoms with Crippen LogP contribution in [0.25, 0.3) is 5.69 Å². The Balaban J connectivity index is 2.02. The maximum atomic E-state index is 13.8. The normalized spacial score (nSPS) is 16.2. The highest BCUT2D eigenvalue weighted by atomic mass is 32.2. The van der Waals surface area contributed by atoms with Gasteiger partial charge in [-0.05, 0) is 50.1 Å². The van der Waals surface area contributed by atoms with Crippen molar-refractivity contribution in [2.24, 2.45) is 0 Å². The highest BCUT2D eigenvalue weighted by Gasteiger charge is 2.40. The Labute approximate surface area is 216 Å². The highest BCUT2D eigenvalue weighted by Crippen LogP contribution is 2.48. The molecule has 8 heteroatoms. The van der Waals surface area contributed by atoms with Gasteiger partial charge in [0.1, 0.15) is 18.2 Å². The fourth-order valence-corrected chi connectivity index (χ4v) is 5.65. The number of nitrogens with one attached hydrogen (secondary N) is 1. The van der Waals surface area contributed by atoms with Crippen molar-refractivity contribution in [2.75, 3.05) is 17.2 Å². The molecule has 2 heterocycles. The van der Waals surface area contributed by atoms with Crippen LogP contribution < -0.4 is 10.2 Å². The van der Waals surface area contributed by atoms with Gasteiger partial charge in [0.2, 0.25) is 11.8 Å². The van der Waals surface area contributed by atoms with Crippen LogP contribution in [0.4, 0.5) is 10.2 Å². The number of hydrogen-bond donors (Lipinski definition) is 1. The summed E-state index contributed by atoms with van der Waals surface area (Å²) in [5, 5.41) is 7.74. The topological polar surface area (TPSA) is 67.2 Å². The fraction of sp³-hybridized carbons (Fsp3) is 0.393. The Bertz CT molecular complexity index is 1280. The number of halogens is 1. The summed E-state index contributed by atoms with van der Waals surface area (Å²) in [4.78, 5) is 28.1. The number of para-hydroxylation sites is 1. The van der Waals surface area contributed by atoms with Crippen LogP contribution in [0.5, 0.6) is 0 Å². The third kappa shape index (κ3) is 5.19. The molecule has 2 aromatic carbocycles. The van der Waals surface area contributed by atoms with Gasteiger partial charge < -0.3 is 5.32 Å². The Hall–Kier alpha value is -3.13. The summed E-state index contributed by atoms with van der Waals surface area (Å²) >= 11 is 1.48. The zero-order valence-corrected chi connectivity index (χ0v) is 22.4. The van der Waals surface area contributed by atoms with Gasteiger partial charge in [-0.15, -0.1) is 11.8 Å². The van der Waals surface area contributed by atoms with E-state index in [9.17, 15) is 14.0 Å². The number of aromatic nitrogens is 2. The van der Waals surface area contributed by atoms with Gasteiger partial charge in [-0.1, -0.05) is 51.1 Å². The second kappa shape index (κ2) is 10.1. The molecule has 1 aliphatic rings. The SMILES string of the molecule is Cc1ccccc1-n1nc(C(C)(C)C)c2c1N(CC(=O)NC(C)C)C(=O)CS[C@@H]2c1ccc(F)cc1. The molecule has 0 fully saturated rings. The minimum atomic E-state index is -0.351. The number of nitrogens with zero attached hydrogens (tertiary/aromatic N) is 3. The van der Waals surface area contributed by atoms with E-state index < -0.39 is 0 Å². The van der Waals surface area contributed by atoms with Gasteiger partial charge >= 0.3 is 0 Å². The van der Waals surface area contributed by atoms with Crippen molar-refractivity contribution in [1.82, 2.24) is 15.1 Å². The average Bonchev–Trinajstić information content (AvgIpc) is 3.13. The Morgan fingerprint density at radius 3 is 2.44 bits per heavy atom. The van der Waals surface area contributed by atoms with Crippen molar-refractivity contribution in [1.29, 1.82) is 0 Å². The van der Waals surface area contributed by atoms with Crippen molar-refractivity contribution >= 4 is 29.4 Å². The van der Waals surface area contributed by atoms with E-state index in [0.717, 1.165) is 28.1 Å². The van der Waals surface area contributed by atoms with Gasteiger partial charge in [0.15, 0.2) is 0 Å². The predicted octanol–water partition coefficient (Wildman–Crippen LogP) is 5.31. The number of benzene rings is 2. The highest BCUT2D eigenvalue weighted by molar-refractivity contribution is 8.00. The first-order valence-electron chi connectivity index (χ1n) is 12.1. The largest absolute Gasteiger partial charge is 0.352 e. The zero-order chi connectivity index (χ0) is 26.2. The zero-order valence-electron chi connectivity index (χ0n) is 21.6. The lowest BCUT2D eigenvalue weighted by atomic mass is 9.87. The van der Waals surface area contributed by atoms with E-state index in [1.807, 2.05) is 49.7 Å². The first-order valence-corrected chi connectivity index (χ1v) is 13.2. The monoisotopic (exact) mass is 508 g/mol. The van der Waals surface area contributed by atoms with Gasteiger partial charge in [0.25, 0.3) is 0 Å². The Morgan fingerprint density at radius 1 is 1.17 bits per heavy atom. The molecular weight excluding hydrogens is 475 g/mol. The Kier molecular flexibility index (Phi) is 7.27. The molecule has 0 saturated heterocycles. The first-order chi connectivity index (χ1) is 17.0. The maximum absolute atomic E-state index is 13.8. The maximum Gasteiger partial charge on any atom is 0.240 e. The van der Waals surface area contributed by atoms with Crippen LogP contribution in [0, 0.1) is 12.7 Å². The minimum absolute atomic E-state index is 0.0493. The molecule has 0 saturated carbocycles. The van der Waals surface area contributed by atoms with Crippen LogP contribution in [0.1, 0.15) is 62.3 Å². The van der Waals surface area contributed by atoms with Crippen LogP contribution in [0.3, 0.4) is 0 Å². The lowest BCUT2D eigenvalue weighted by Crippen LogP contribution is -2.44. The minimum Gasteiger partial charge on any atom is -0.352 e. The third-order valence-corrected chi connectivity index (χ3v) is 7.32. The van der Waals surface area contributed by atoms with E-state index in [0.29, 0.717) is 5.82 Å². The molecule has 36 heavy (non-hydrogen) atoms. The van der Waals surface area contributed by atoms with Gasteiger partial charge in [-0.3, -0.25) is 14.5 Å². The van der Waals surface area contributed by atoms with Gasteiger partial charge in [-0.25, -0.2) is 9.07 Å². The summed E-state index contributed by atoms with van der Waals surface area (Å²) in [5.74, 6) is 0.0670. The molecule has 1 atom stereocenters. The molecule has 1 aliphatic heterocycles. The third-order valence-electron chi connectivity index (χ3n) is 6.07. The van der Waals surface area contributed by atoms with Crippen LogP contribution in [-0.2, 0) is 15.0 Å². The predicted molar refractivity (Wildman–Crippen MR) is 143 cm³/mol. The van der Waals surface area contributed by atoms with E-state index >= 15 is 0 Å². The van der Waals surface area contributed by atoms with E-state index in [-0.39, 0.29) is 46.6 Å². The van der Waals surface area contributed by atoms with Crippen molar-refractivity contribution < 1.29 is 14.0 Å². The number of fused-ring (bicyclic) bond motifs is 1. The quantitative estimate of drug-likeness (QED) is 0.507. The van der Waals surface area contributed by atoms with Crippen molar-refractivity contribution in [3.8, 4) is 5.69 Å². The second-order valence-corrected chi connectivity index (χ2v) is 11.6. The Morgan fingerprint density at radius 2 is 1.83 bits per heavy atom. The molecule has 6 nitrogen and oxygen atoms in total. The summed E-state index contributed by atoms with van der Waals surface area (Å²) in [6.07, 6.45) is 0. The standard InChI is InChI=1S/C28H33FN4O2S/c1-17(2)30-22(34)15-32-23(35)16-36-25(19-11-13-20(29)14-12-19)24-26(28(4,5)6)31-33(27(24)32)21-10-8-7-9-18(21)3/h7-14,17,25H,15-16H2,1-6H3,(H,30,34)/t25-/m1/s1. The van der Waals surface area contributed by atoms with Gasteiger partial charge in [0.05, 0.1) is 22.4 Å². The molecule has 3 aromatic rings. The molecule has 0 radical (unpaired) electrons. The van der Waals surface area contributed by atoms with E-state index in [1.54, 1.807) is 17.0 Å². The number of anilines is 1. The first kappa shape index (κ1) is 25.9. The van der Waals surface area contributed by atoms with Crippen LogP contribution in [-0.4, -0.2) is 39.9 Å². The summed E-state index contributed by atoms with van der Waals surface area (Å²) in [5.41, 5.74) is 4.10. The fourth-order valence-electron chi connectivity index (χ4n) is 4.45. The molecule has 0 spiro atoms. The molecule has 1 N–H and O–H groups in total. The van der Waals surface area contributed by atoms with E-state index in [2.05, 4.69) is 26.1 Å². The van der Waals surface area contributed by atoms with E-state index in [1.165, 1.54) is 23.9 Å². The lowest BCUT2D eigenvalue weighted by Gasteiger charge is -2.25. The van der Waals surface area contributed by atoms with Crippen LogP contribution >= 0.6 is 11.8 Å². The number of carbonyl (C=O) groups is 2.